The highest BCUT2D eigenvalue weighted by Gasteiger charge is 2.40. The topological polar surface area (TPSA) is 60.1 Å². The molecule has 0 radical (unpaired) electrons. The molecular formula is C14H17N3O. The number of nitrogens with one attached hydrogen (secondary N) is 1. The molecule has 2 aromatic rings. The Hall–Kier alpha value is -1.81. The van der Waals surface area contributed by atoms with Crippen molar-refractivity contribution in [1.29, 1.82) is 0 Å². The van der Waals surface area contributed by atoms with Crippen molar-refractivity contribution in [1.82, 2.24) is 9.88 Å². The maximum Gasteiger partial charge on any atom is 0.243 e. The molecule has 0 saturated heterocycles. The molecule has 3 rings (SSSR count). The quantitative estimate of drug-likeness (QED) is 0.785. The van der Waals surface area contributed by atoms with E-state index in [9.17, 15) is 4.79 Å². The number of primary amides is 1. The number of benzene rings is 1. The van der Waals surface area contributed by atoms with E-state index in [2.05, 4.69) is 22.0 Å². The van der Waals surface area contributed by atoms with E-state index in [0.29, 0.717) is 0 Å². The molecule has 0 saturated carbocycles. The van der Waals surface area contributed by atoms with Crippen LogP contribution in [-0.2, 0) is 23.8 Å². The van der Waals surface area contributed by atoms with E-state index in [0.717, 1.165) is 24.2 Å². The van der Waals surface area contributed by atoms with Crippen LogP contribution in [0.15, 0.2) is 24.3 Å². The van der Waals surface area contributed by atoms with Crippen molar-refractivity contribution >= 4 is 16.8 Å². The number of amides is 1. The first kappa shape index (κ1) is 11.3. The van der Waals surface area contributed by atoms with Crippen LogP contribution in [0, 0.1) is 0 Å². The van der Waals surface area contributed by atoms with Crippen LogP contribution in [0.4, 0.5) is 0 Å². The van der Waals surface area contributed by atoms with Crippen molar-refractivity contribution in [2.75, 3.05) is 6.54 Å². The molecule has 1 aliphatic heterocycles. The van der Waals surface area contributed by atoms with Crippen LogP contribution in [0.3, 0.4) is 0 Å². The van der Waals surface area contributed by atoms with E-state index in [-0.39, 0.29) is 5.91 Å². The largest absolute Gasteiger partial charge is 0.368 e. The molecule has 0 aliphatic carbocycles. The number of para-hydroxylation sites is 1. The smallest absolute Gasteiger partial charge is 0.243 e. The van der Waals surface area contributed by atoms with Gasteiger partial charge in [-0.25, -0.2) is 0 Å². The second-order valence-corrected chi connectivity index (χ2v) is 5.07. The van der Waals surface area contributed by atoms with E-state index in [1.807, 2.05) is 26.1 Å². The van der Waals surface area contributed by atoms with Crippen molar-refractivity contribution in [3.63, 3.8) is 0 Å². The highest BCUT2D eigenvalue weighted by Crippen LogP contribution is 2.35. The third-order valence-corrected chi connectivity index (χ3v) is 4.03. The Morgan fingerprint density at radius 3 is 2.89 bits per heavy atom. The molecule has 3 N–H and O–H groups in total. The number of nitrogens with zero attached hydrogens (tertiary/aromatic N) is 1. The first-order valence-electron chi connectivity index (χ1n) is 6.17. The van der Waals surface area contributed by atoms with Crippen LogP contribution in [0.1, 0.15) is 18.2 Å². The molecule has 2 heterocycles. The molecule has 1 aliphatic rings. The van der Waals surface area contributed by atoms with Gasteiger partial charge in [0, 0.05) is 24.5 Å². The summed E-state index contributed by atoms with van der Waals surface area (Å²) in [6, 6.07) is 8.24. The summed E-state index contributed by atoms with van der Waals surface area (Å²) < 4.78 is 2.08. The van der Waals surface area contributed by atoms with Gasteiger partial charge in [-0.3, -0.25) is 10.1 Å². The van der Waals surface area contributed by atoms with Crippen LogP contribution in [-0.4, -0.2) is 17.0 Å². The lowest BCUT2D eigenvalue weighted by Crippen LogP contribution is -2.54. The molecule has 1 unspecified atom stereocenters. The summed E-state index contributed by atoms with van der Waals surface area (Å²) in [5, 5.41) is 4.48. The number of rotatable bonds is 1. The second kappa shape index (κ2) is 3.59. The number of aryl methyl sites for hydroxylation is 1. The molecule has 0 spiro atoms. The Bertz CT molecular complexity index is 644. The van der Waals surface area contributed by atoms with Crippen molar-refractivity contribution in [3.05, 3.63) is 35.5 Å². The highest BCUT2D eigenvalue weighted by atomic mass is 16.1. The van der Waals surface area contributed by atoms with E-state index in [1.54, 1.807) is 0 Å². The zero-order valence-electron chi connectivity index (χ0n) is 10.7. The maximum absolute atomic E-state index is 11.8. The molecule has 4 heteroatoms. The van der Waals surface area contributed by atoms with E-state index >= 15 is 0 Å². The van der Waals surface area contributed by atoms with Gasteiger partial charge in [0.15, 0.2) is 0 Å². The minimum atomic E-state index is -0.776. The Labute approximate surface area is 106 Å². The summed E-state index contributed by atoms with van der Waals surface area (Å²) in [5.74, 6) is -0.325. The summed E-state index contributed by atoms with van der Waals surface area (Å²) in [4.78, 5) is 11.8. The highest BCUT2D eigenvalue weighted by molar-refractivity contribution is 5.92. The predicted octanol–water partition coefficient (Wildman–Crippen LogP) is 1.02. The zero-order valence-corrected chi connectivity index (χ0v) is 10.7. The van der Waals surface area contributed by atoms with Gasteiger partial charge in [-0.1, -0.05) is 18.2 Å². The van der Waals surface area contributed by atoms with Gasteiger partial charge in [0.1, 0.15) is 5.54 Å². The van der Waals surface area contributed by atoms with E-state index in [1.165, 1.54) is 10.9 Å². The van der Waals surface area contributed by atoms with Gasteiger partial charge in [0.25, 0.3) is 0 Å². The van der Waals surface area contributed by atoms with Gasteiger partial charge in [-0.15, -0.1) is 0 Å². The zero-order chi connectivity index (χ0) is 12.9. The number of hydrogen-bond acceptors (Lipinski definition) is 2. The summed E-state index contributed by atoms with van der Waals surface area (Å²) in [6.45, 7) is 2.65. The third-order valence-electron chi connectivity index (χ3n) is 4.03. The molecule has 4 nitrogen and oxygen atoms in total. The Morgan fingerprint density at radius 1 is 1.44 bits per heavy atom. The number of carbonyl (C=O) groups excluding carboxylic acids is 1. The lowest BCUT2D eigenvalue weighted by Gasteiger charge is -2.33. The van der Waals surface area contributed by atoms with Gasteiger partial charge < -0.3 is 10.3 Å². The van der Waals surface area contributed by atoms with Crippen molar-refractivity contribution in [2.24, 2.45) is 12.8 Å². The average molecular weight is 243 g/mol. The predicted molar refractivity (Wildman–Crippen MR) is 71.2 cm³/mol. The average Bonchev–Trinajstić information content (AvgIpc) is 2.65. The van der Waals surface area contributed by atoms with Crippen LogP contribution in [0.25, 0.3) is 10.9 Å². The van der Waals surface area contributed by atoms with Gasteiger partial charge >= 0.3 is 0 Å². The maximum atomic E-state index is 11.8. The van der Waals surface area contributed by atoms with Crippen LogP contribution < -0.4 is 11.1 Å². The molecule has 1 aromatic carbocycles. The van der Waals surface area contributed by atoms with Gasteiger partial charge in [-0.2, -0.15) is 0 Å². The van der Waals surface area contributed by atoms with Crippen LogP contribution in [0.2, 0.25) is 0 Å². The lowest BCUT2D eigenvalue weighted by atomic mass is 9.88. The summed E-state index contributed by atoms with van der Waals surface area (Å²) >= 11 is 0. The molecule has 18 heavy (non-hydrogen) atoms. The third kappa shape index (κ3) is 1.26. The first-order valence-corrected chi connectivity index (χ1v) is 6.17. The number of fused-ring (bicyclic) bond motifs is 3. The molecule has 0 fully saturated rings. The Kier molecular flexibility index (Phi) is 2.25. The fourth-order valence-electron chi connectivity index (χ4n) is 3.09. The normalized spacial score (nSPS) is 23.0. The van der Waals surface area contributed by atoms with Crippen LogP contribution in [0.5, 0.6) is 0 Å². The van der Waals surface area contributed by atoms with Gasteiger partial charge in [0.2, 0.25) is 5.91 Å². The number of carbonyl (C=O) groups is 1. The fourth-order valence-corrected chi connectivity index (χ4v) is 3.09. The van der Waals surface area contributed by atoms with Gasteiger partial charge in [0.05, 0.1) is 5.69 Å². The van der Waals surface area contributed by atoms with E-state index in [4.69, 9.17) is 5.73 Å². The number of nitrogens with two attached hydrogens (primary N) is 1. The van der Waals surface area contributed by atoms with Crippen molar-refractivity contribution in [2.45, 2.75) is 18.9 Å². The summed E-state index contributed by atoms with van der Waals surface area (Å²) in [6.07, 6.45) is 0.930. The molecule has 1 amide bonds. The minimum Gasteiger partial charge on any atom is -0.368 e. The van der Waals surface area contributed by atoms with Gasteiger partial charge in [-0.05, 0) is 25.0 Å². The van der Waals surface area contributed by atoms with E-state index < -0.39 is 5.54 Å². The lowest BCUT2D eigenvalue weighted by molar-refractivity contribution is -0.124. The number of aromatic nitrogens is 1. The first-order chi connectivity index (χ1) is 8.55. The molecule has 0 bridgehead atoms. The van der Waals surface area contributed by atoms with Crippen molar-refractivity contribution < 1.29 is 4.79 Å². The Balaban J connectivity index is 2.40. The summed E-state index contributed by atoms with van der Waals surface area (Å²) in [7, 11) is 2.00. The Morgan fingerprint density at radius 2 is 2.17 bits per heavy atom. The monoisotopic (exact) mass is 243 g/mol. The van der Waals surface area contributed by atoms with Crippen LogP contribution >= 0.6 is 0 Å². The molecule has 1 atom stereocenters. The fraction of sp³-hybridized carbons (Fsp3) is 0.357. The molecule has 1 aromatic heterocycles. The number of hydrogen-bond donors (Lipinski definition) is 2. The SMILES string of the molecule is Cn1c2c(c3ccccc31)CCNC2(C)C(N)=O. The minimum absolute atomic E-state index is 0.325. The molecule has 94 valence electrons. The molecular weight excluding hydrogens is 226 g/mol. The second-order valence-electron chi connectivity index (χ2n) is 5.07. The standard InChI is InChI=1S/C14H17N3O/c1-14(13(15)18)12-10(7-8-16-14)9-5-3-4-6-11(9)17(12)2/h3-6,16H,7-8H2,1-2H3,(H2,15,18). The summed E-state index contributed by atoms with van der Waals surface area (Å²) in [5.41, 5.74) is 8.21. The van der Waals surface area contributed by atoms with Crippen molar-refractivity contribution in [3.8, 4) is 0 Å².